The summed E-state index contributed by atoms with van der Waals surface area (Å²) in [6.07, 6.45) is 2.97. The average Bonchev–Trinajstić information content (AvgIpc) is 2.55. The zero-order chi connectivity index (χ0) is 14.2. The van der Waals surface area contributed by atoms with Crippen molar-refractivity contribution in [3.05, 3.63) is 29.3 Å². The molecule has 0 radical (unpaired) electrons. The molecule has 4 nitrogen and oxygen atoms in total. The van der Waals surface area contributed by atoms with Crippen molar-refractivity contribution in [3.8, 4) is 0 Å². The summed E-state index contributed by atoms with van der Waals surface area (Å²) < 4.78 is 0. The molecule has 0 unspecified atom stereocenters. The van der Waals surface area contributed by atoms with E-state index < -0.39 is 0 Å². The van der Waals surface area contributed by atoms with E-state index in [1.54, 1.807) is 0 Å². The number of hydrogen-bond acceptors (Lipinski definition) is 4. The zero-order valence-corrected chi connectivity index (χ0v) is 12.7. The van der Waals surface area contributed by atoms with Gasteiger partial charge in [0.15, 0.2) is 0 Å². The molecule has 1 aromatic rings. The first kappa shape index (κ1) is 13.4. The third-order valence-corrected chi connectivity index (χ3v) is 4.20. The molecule has 4 heteroatoms. The van der Waals surface area contributed by atoms with E-state index in [9.17, 15) is 0 Å². The molecule has 1 fully saturated rings. The van der Waals surface area contributed by atoms with Gasteiger partial charge in [0.05, 0.1) is 11.8 Å². The summed E-state index contributed by atoms with van der Waals surface area (Å²) in [6, 6.07) is 6.82. The Bertz CT molecular complexity index is 513. The van der Waals surface area contributed by atoms with Crippen LogP contribution in [0.4, 0.5) is 5.69 Å². The van der Waals surface area contributed by atoms with Gasteiger partial charge in [0.2, 0.25) is 0 Å². The highest BCUT2D eigenvalue weighted by atomic mass is 15.3. The first-order chi connectivity index (χ1) is 9.53. The average molecular weight is 272 g/mol. The molecule has 2 aliphatic heterocycles. The van der Waals surface area contributed by atoms with Crippen molar-refractivity contribution in [2.75, 3.05) is 38.1 Å². The summed E-state index contributed by atoms with van der Waals surface area (Å²) in [4.78, 5) is 4.85. The number of anilines is 1. The lowest BCUT2D eigenvalue weighted by atomic mass is 9.93. The van der Waals surface area contributed by atoms with E-state index >= 15 is 0 Å². The second-order valence-corrected chi connectivity index (χ2v) is 6.60. The van der Waals surface area contributed by atoms with Gasteiger partial charge in [-0.25, -0.2) is 0 Å². The Hall–Kier alpha value is -1.55. The summed E-state index contributed by atoms with van der Waals surface area (Å²) in [7, 11) is 2.19. The largest absolute Gasteiger partial charge is 0.369 e. The quantitative estimate of drug-likeness (QED) is 0.844. The van der Waals surface area contributed by atoms with E-state index in [1.165, 1.54) is 16.8 Å². The smallest absolute Gasteiger partial charge is 0.0544 e. The molecular formula is C16H24N4. The van der Waals surface area contributed by atoms with Crippen LogP contribution in [-0.2, 0) is 6.42 Å². The summed E-state index contributed by atoms with van der Waals surface area (Å²) in [5.74, 6) is 0. The van der Waals surface area contributed by atoms with E-state index in [0.717, 1.165) is 32.6 Å². The highest BCUT2D eigenvalue weighted by molar-refractivity contribution is 5.84. The van der Waals surface area contributed by atoms with Gasteiger partial charge in [0.1, 0.15) is 0 Å². The monoisotopic (exact) mass is 272 g/mol. The molecule has 1 saturated heterocycles. The minimum Gasteiger partial charge on any atom is -0.369 e. The minimum atomic E-state index is 0.0249. The Morgan fingerprint density at radius 3 is 2.65 bits per heavy atom. The van der Waals surface area contributed by atoms with Crippen LogP contribution in [0, 0.1) is 0 Å². The Balaban J connectivity index is 1.84. The van der Waals surface area contributed by atoms with Crippen molar-refractivity contribution in [1.29, 1.82) is 0 Å². The lowest BCUT2D eigenvalue weighted by Crippen LogP contribution is -2.44. The topological polar surface area (TPSA) is 30.9 Å². The van der Waals surface area contributed by atoms with Gasteiger partial charge in [-0.3, -0.25) is 0 Å². The lowest BCUT2D eigenvalue weighted by molar-refractivity contribution is 0.313. The molecule has 108 valence electrons. The summed E-state index contributed by atoms with van der Waals surface area (Å²) in [5, 5.41) is 4.36. The van der Waals surface area contributed by atoms with Gasteiger partial charge in [0.25, 0.3) is 0 Å². The van der Waals surface area contributed by atoms with E-state index in [-0.39, 0.29) is 5.54 Å². The van der Waals surface area contributed by atoms with E-state index in [4.69, 9.17) is 0 Å². The van der Waals surface area contributed by atoms with Crippen LogP contribution in [0.15, 0.2) is 23.3 Å². The number of nitrogens with one attached hydrogen (secondary N) is 1. The number of hydrogen-bond donors (Lipinski definition) is 1. The number of hydrazone groups is 1. The number of likely N-dealkylation sites (N-methyl/N-ethyl adjacent to an activating group) is 1. The highest BCUT2D eigenvalue weighted by Crippen LogP contribution is 2.24. The van der Waals surface area contributed by atoms with Crippen molar-refractivity contribution in [2.24, 2.45) is 5.10 Å². The maximum absolute atomic E-state index is 4.36. The van der Waals surface area contributed by atoms with Gasteiger partial charge in [0, 0.05) is 31.9 Å². The van der Waals surface area contributed by atoms with Gasteiger partial charge < -0.3 is 15.2 Å². The van der Waals surface area contributed by atoms with Gasteiger partial charge in [-0.05, 0) is 50.6 Å². The van der Waals surface area contributed by atoms with Crippen molar-refractivity contribution in [2.45, 2.75) is 25.8 Å². The minimum absolute atomic E-state index is 0.0249. The SMILES string of the molecule is CN1CCN(c2ccc3c(c2)C=NNC(C)(C)C3)CC1. The van der Waals surface area contributed by atoms with Crippen molar-refractivity contribution in [3.63, 3.8) is 0 Å². The van der Waals surface area contributed by atoms with Crippen LogP contribution >= 0.6 is 0 Å². The van der Waals surface area contributed by atoms with Crippen LogP contribution in [0.25, 0.3) is 0 Å². The first-order valence-corrected chi connectivity index (χ1v) is 7.40. The Labute approximate surface area is 121 Å². The molecule has 1 aromatic carbocycles. The van der Waals surface area contributed by atoms with Crippen molar-refractivity contribution in [1.82, 2.24) is 10.3 Å². The maximum Gasteiger partial charge on any atom is 0.0544 e. The molecule has 0 atom stereocenters. The number of rotatable bonds is 1. The molecule has 0 spiro atoms. The third kappa shape index (κ3) is 2.80. The highest BCUT2D eigenvalue weighted by Gasteiger charge is 2.22. The third-order valence-electron chi connectivity index (χ3n) is 4.20. The second-order valence-electron chi connectivity index (χ2n) is 6.60. The predicted molar refractivity (Wildman–Crippen MR) is 84.7 cm³/mol. The van der Waals surface area contributed by atoms with E-state index in [2.05, 4.69) is 59.4 Å². The molecule has 0 aromatic heterocycles. The van der Waals surface area contributed by atoms with Gasteiger partial charge in [-0.15, -0.1) is 0 Å². The van der Waals surface area contributed by atoms with E-state index in [1.807, 2.05) is 6.21 Å². The standard InChI is InChI=1S/C16H24N4/c1-16(2)11-13-4-5-15(10-14(13)12-17-18-16)20-8-6-19(3)7-9-20/h4-5,10,12,18H,6-9,11H2,1-3H3. The molecule has 2 heterocycles. The van der Waals surface area contributed by atoms with Crippen LogP contribution in [0.3, 0.4) is 0 Å². The maximum atomic E-state index is 4.36. The molecule has 2 aliphatic rings. The van der Waals surface area contributed by atoms with Crippen LogP contribution in [0.5, 0.6) is 0 Å². The predicted octanol–water partition coefficient (Wildman–Crippen LogP) is 1.70. The fourth-order valence-electron chi connectivity index (χ4n) is 2.92. The van der Waals surface area contributed by atoms with Crippen molar-refractivity contribution < 1.29 is 0 Å². The summed E-state index contributed by atoms with van der Waals surface area (Å²) in [5.41, 5.74) is 7.19. The number of nitrogens with zero attached hydrogens (tertiary/aromatic N) is 3. The molecule has 0 amide bonds. The van der Waals surface area contributed by atoms with E-state index in [0.29, 0.717) is 0 Å². The van der Waals surface area contributed by atoms with Crippen LogP contribution in [-0.4, -0.2) is 49.9 Å². The Morgan fingerprint density at radius 2 is 1.90 bits per heavy atom. The number of piperazine rings is 1. The second kappa shape index (κ2) is 5.09. The zero-order valence-electron chi connectivity index (χ0n) is 12.7. The van der Waals surface area contributed by atoms with Gasteiger partial charge >= 0.3 is 0 Å². The summed E-state index contributed by atoms with van der Waals surface area (Å²) >= 11 is 0. The molecule has 20 heavy (non-hydrogen) atoms. The van der Waals surface area contributed by atoms with Crippen molar-refractivity contribution >= 4 is 11.9 Å². The van der Waals surface area contributed by atoms with Gasteiger partial charge in [-0.2, -0.15) is 5.10 Å². The lowest BCUT2D eigenvalue weighted by Gasteiger charge is -2.34. The molecule has 0 saturated carbocycles. The fourth-order valence-corrected chi connectivity index (χ4v) is 2.92. The Kier molecular flexibility index (Phi) is 3.42. The molecule has 0 bridgehead atoms. The summed E-state index contributed by atoms with van der Waals surface area (Å²) in [6.45, 7) is 8.87. The molecule has 3 rings (SSSR count). The number of fused-ring (bicyclic) bond motifs is 1. The van der Waals surface area contributed by atoms with Crippen LogP contribution in [0.2, 0.25) is 0 Å². The normalized spacial score (nSPS) is 22.1. The fraction of sp³-hybridized carbons (Fsp3) is 0.562. The van der Waals surface area contributed by atoms with Crippen LogP contribution < -0.4 is 10.3 Å². The molecule has 1 N–H and O–H groups in total. The van der Waals surface area contributed by atoms with Gasteiger partial charge in [-0.1, -0.05) is 6.07 Å². The molecule has 0 aliphatic carbocycles. The number of benzene rings is 1. The Morgan fingerprint density at radius 1 is 1.15 bits per heavy atom. The molecular weight excluding hydrogens is 248 g/mol. The van der Waals surface area contributed by atoms with Crippen LogP contribution in [0.1, 0.15) is 25.0 Å². The first-order valence-electron chi connectivity index (χ1n) is 7.40.